The minimum Gasteiger partial charge on any atom is -0.495 e. The number of ether oxygens (including phenoxy) is 4. The number of nitrogens with two attached hydrogens (primary N) is 2. The molecule has 0 radical (unpaired) electrons. The van der Waals surface area contributed by atoms with Crippen LogP contribution in [0.4, 0.5) is 45.8 Å². The van der Waals surface area contributed by atoms with Gasteiger partial charge in [0.25, 0.3) is 21.7 Å². The molecule has 41 heteroatoms. The van der Waals surface area contributed by atoms with Crippen LogP contribution in [0.15, 0.2) is 104 Å². The van der Waals surface area contributed by atoms with Gasteiger partial charge < -0.3 is 113 Å². The summed E-state index contributed by atoms with van der Waals surface area (Å²) in [7, 11) is 4.93. The number of ketones is 1. The van der Waals surface area contributed by atoms with Crippen LogP contribution in [0.25, 0.3) is 11.4 Å². The number of nitrogens with zero attached hydrogens (tertiary/aromatic N) is 11. The van der Waals surface area contributed by atoms with Gasteiger partial charge >= 0.3 is 0 Å². The fourth-order valence-electron chi connectivity index (χ4n) is 12.9. The number of carbonyl (C=O) groups is 4. The number of guanidine groups is 2. The number of imidazole rings is 2. The molecule has 6 aliphatic rings. The summed E-state index contributed by atoms with van der Waals surface area (Å²) in [6.07, 6.45) is 0.676. The number of aliphatic imine (C=N–C) groups is 2. The van der Waals surface area contributed by atoms with Crippen molar-refractivity contribution in [3.8, 4) is 11.5 Å². The van der Waals surface area contributed by atoms with Crippen molar-refractivity contribution >= 4 is 161 Å². The third kappa shape index (κ3) is 19.3. The van der Waals surface area contributed by atoms with Gasteiger partial charge in [0.1, 0.15) is 82.3 Å². The Morgan fingerprint density at radius 2 is 1.05 bits per heavy atom. The van der Waals surface area contributed by atoms with Crippen LogP contribution in [0.2, 0.25) is 10.0 Å². The van der Waals surface area contributed by atoms with Gasteiger partial charge in [0.05, 0.1) is 72.8 Å². The smallest absolute Gasteiger partial charge is 0.253 e. The second-order valence-corrected chi connectivity index (χ2v) is 29.7. The molecule has 16 N–H and O–H groups in total. The van der Waals surface area contributed by atoms with Gasteiger partial charge in [-0.2, -0.15) is 9.98 Å². The van der Waals surface area contributed by atoms with E-state index in [1.807, 2.05) is 24.1 Å². The molecular weight excluding hydrogens is 1720 g/mol. The third-order valence-corrected chi connectivity index (χ3v) is 22.2. The van der Waals surface area contributed by atoms with Gasteiger partial charge in [0.2, 0.25) is 17.7 Å². The first-order valence-corrected chi connectivity index (χ1v) is 38.1. The molecule has 0 spiro atoms. The van der Waals surface area contributed by atoms with Crippen LogP contribution in [0.1, 0.15) is 36.7 Å². The molecule has 0 saturated carbocycles. The summed E-state index contributed by atoms with van der Waals surface area (Å²) in [6, 6.07) is 7.06. The van der Waals surface area contributed by atoms with Crippen molar-refractivity contribution in [1.82, 2.24) is 54.2 Å². The molecule has 0 unspecified atom stereocenters. The number of nitrogens with one attached hydrogen (secondary N) is 8. The second-order valence-electron chi connectivity index (χ2n) is 26.5. The predicted octanol–water partition coefficient (Wildman–Crippen LogP) is 0.251. The fraction of sp³-hybridized carbons (Fsp3) is 0.429. The molecule has 8 heterocycles. The number of aliphatic hydroxyl groups excluding tert-OH is 4. The Labute approximate surface area is 672 Å². The molecule has 12 rings (SSSR count). The summed E-state index contributed by atoms with van der Waals surface area (Å²) >= 11 is 16.6. The van der Waals surface area contributed by atoms with Gasteiger partial charge in [0.15, 0.2) is 41.8 Å². The molecule has 594 valence electrons. The predicted molar refractivity (Wildman–Crippen MR) is 434 cm³/mol. The SMILES string of the molecule is C=C1NC(N)=Nc2c1ncn2[C@@H]1O[C@H](CNc2c(NCCCC(=O)/C=C/CN3CCN(C(=O)CNc4cc(I)c(Cl)cc4OC)CC3)c(=O)c2=O)[C@@H](O)[C@H]1O.C=C1NC(N)=Nc2c1ncn2[C@@H]1O[C@H](CNc2c(NCCN(C)C/C=C/C(=O)N3CCN(C(=O)CNc4cc(I)c(Cl)cc4OC)CC3)c(=O)c2=O)[C@@H](O)[C@H]1O. The summed E-state index contributed by atoms with van der Waals surface area (Å²) < 4.78 is 27.1. The van der Waals surface area contributed by atoms with E-state index in [1.54, 1.807) is 46.1 Å². The van der Waals surface area contributed by atoms with Crippen molar-refractivity contribution in [3.63, 3.8) is 0 Å². The number of aliphatic hydroxyl groups is 4. The molecule has 2 aromatic heterocycles. The van der Waals surface area contributed by atoms with Gasteiger partial charge in [-0.15, -0.1) is 0 Å². The van der Waals surface area contributed by atoms with Gasteiger partial charge in [0, 0.05) is 130 Å². The first-order valence-electron chi connectivity index (χ1n) is 35.2. The van der Waals surface area contributed by atoms with E-state index in [9.17, 15) is 58.8 Å². The van der Waals surface area contributed by atoms with Crippen LogP contribution in [-0.2, 0) is 28.7 Å². The Morgan fingerprint density at radius 1 is 0.622 bits per heavy atom. The Balaban J connectivity index is 0.000000220. The minimum atomic E-state index is -1.35. The first kappa shape index (κ1) is 82.7. The molecule has 111 heavy (non-hydrogen) atoms. The number of methoxy groups -OCH3 is 2. The Hall–Kier alpha value is -9.28. The number of fused-ring (bicyclic) bond motifs is 2. The number of halogens is 4. The molecule has 4 fully saturated rings. The Kier molecular flexibility index (Phi) is 27.5. The van der Waals surface area contributed by atoms with Crippen LogP contribution in [0.3, 0.4) is 0 Å². The molecule has 0 bridgehead atoms. The first-order chi connectivity index (χ1) is 53.1. The number of hydrogen-bond donors (Lipinski definition) is 14. The quantitative estimate of drug-likeness (QED) is 0.0120. The number of amides is 3. The molecule has 4 aromatic carbocycles. The summed E-state index contributed by atoms with van der Waals surface area (Å²) in [5, 5.41) is 67.6. The van der Waals surface area contributed by atoms with Crippen LogP contribution < -0.4 is 85.2 Å². The average Bonchev–Trinajstić information content (AvgIpc) is 1.64. The topological polar surface area (TPSA) is 479 Å². The molecule has 6 aliphatic heterocycles. The van der Waals surface area contributed by atoms with Crippen LogP contribution in [0, 0.1) is 7.14 Å². The number of carbonyl (C=O) groups excluding carboxylic acids is 4. The lowest BCUT2D eigenvalue weighted by Gasteiger charge is -2.34. The van der Waals surface area contributed by atoms with E-state index < -0.39 is 70.8 Å². The van der Waals surface area contributed by atoms with Gasteiger partial charge in [-0.25, -0.2) is 9.97 Å². The highest BCUT2D eigenvalue weighted by Gasteiger charge is 2.47. The van der Waals surface area contributed by atoms with Crippen LogP contribution >= 0.6 is 68.4 Å². The number of hydrogen-bond acceptors (Lipinski definition) is 32. The van der Waals surface area contributed by atoms with Crippen molar-refractivity contribution in [2.75, 3.05) is 164 Å². The molecule has 3 amide bonds. The van der Waals surface area contributed by atoms with E-state index in [0.717, 1.165) is 7.14 Å². The number of anilines is 6. The van der Waals surface area contributed by atoms with E-state index in [0.29, 0.717) is 152 Å². The normalized spacial score (nSPS) is 21.2. The number of piperazine rings is 2. The molecule has 6 aromatic rings. The number of rotatable bonds is 31. The lowest BCUT2D eigenvalue weighted by molar-refractivity contribution is -0.136. The van der Waals surface area contributed by atoms with Crippen LogP contribution in [-0.4, -0.2) is 269 Å². The van der Waals surface area contributed by atoms with E-state index in [4.69, 9.17) is 53.6 Å². The van der Waals surface area contributed by atoms with E-state index in [2.05, 4.69) is 126 Å². The monoisotopic (exact) mass is 1800 g/mol. The standard InChI is InChI=1S/C35H43ClIN11O8.C35H42ClIN10O8/c1-18-26-33(44-35(38)43-18)48(17-42-26)34-32(54)29(51)23(56-34)15-41-28-27(30(52)31(28)53)39-6-8-45(2)7-4-5-24(49)46-9-11-47(12-10-46)25(50)16-40-21-14-20(37)19(36)13-22(21)55-3;1-18-26-33(44-35(38)43-18)47(17-42-26)34-32(53)29(50)24(55-34)15-41-28-27(30(51)31(28)52)39-7-3-5-19(48)6-4-8-45-9-11-46(12-10-45)25(49)16-40-22-14-21(37)20(36)13-23(22)54-2/h4-5,13-14,17,23,29,32,34,39-41,51,54H,1,6-12,15-16H2,2-3H3,(H3,38,43,44);4,6,13-14,17,24,29,32,34,39-41,50,53H,1,3,5,7-12,15-16H2,2H3,(H3,38,43,44)/b5-4+;6-4+/t23-,29-,32-,34-;24-,29-,32-,34-/m11/s1. The molecule has 37 nitrogen and oxygen atoms in total. The molecule has 4 saturated heterocycles. The average molecular weight is 1800 g/mol. The summed E-state index contributed by atoms with van der Waals surface area (Å²) in [5.74, 6) is 1.54. The minimum absolute atomic E-state index is 0.0234. The molecule has 0 aliphatic carbocycles. The zero-order chi connectivity index (χ0) is 79.6. The number of allylic oxidation sites excluding steroid dienone is 1. The van der Waals surface area contributed by atoms with Crippen molar-refractivity contribution in [1.29, 1.82) is 0 Å². The van der Waals surface area contributed by atoms with Gasteiger partial charge in [-0.3, -0.25) is 52.4 Å². The number of aromatic nitrogens is 4. The van der Waals surface area contributed by atoms with Crippen molar-refractivity contribution in [2.24, 2.45) is 21.5 Å². The van der Waals surface area contributed by atoms with Gasteiger partial charge in [-0.1, -0.05) is 48.5 Å². The van der Waals surface area contributed by atoms with Crippen molar-refractivity contribution < 1.29 is 58.6 Å². The van der Waals surface area contributed by atoms with E-state index >= 15 is 0 Å². The zero-order valence-corrected chi connectivity index (χ0v) is 66.3. The van der Waals surface area contributed by atoms with E-state index in [-0.39, 0.29) is 97.3 Å². The largest absolute Gasteiger partial charge is 0.495 e. The maximum absolute atomic E-state index is 12.8. The third-order valence-electron chi connectivity index (χ3n) is 19.2. The number of likely N-dealkylation sites (N-methyl/N-ethyl adjacent to an activating group) is 1. The lowest BCUT2D eigenvalue weighted by Crippen LogP contribution is -2.51. The molecular formula is C70H85Cl2I2N21O16. The maximum Gasteiger partial charge on any atom is 0.253 e. The lowest BCUT2D eigenvalue weighted by atomic mass is 10.1. The summed E-state index contributed by atoms with van der Waals surface area (Å²) in [6.45, 7) is 14.0. The summed E-state index contributed by atoms with van der Waals surface area (Å²) in [5.41, 5.74) is 12.2. The number of benzene rings is 2. The highest BCUT2D eigenvalue weighted by molar-refractivity contribution is 14.1. The zero-order valence-electron chi connectivity index (χ0n) is 60.5. The Bertz CT molecular complexity index is 4770. The maximum atomic E-state index is 12.8. The van der Waals surface area contributed by atoms with E-state index in [1.165, 1.54) is 41.1 Å². The van der Waals surface area contributed by atoms with Gasteiger partial charge in [-0.05, 0) is 76.9 Å². The molecule has 8 atom stereocenters. The van der Waals surface area contributed by atoms with Crippen molar-refractivity contribution in [3.05, 3.63) is 144 Å². The highest BCUT2D eigenvalue weighted by Crippen LogP contribution is 2.40. The van der Waals surface area contributed by atoms with Crippen LogP contribution in [0.5, 0.6) is 11.5 Å². The summed E-state index contributed by atoms with van der Waals surface area (Å²) in [4.78, 5) is 127. The second kappa shape index (κ2) is 36.9. The highest BCUT2D eigenvalue weighted by atomic mass is 127. The van der Waals surface area contributed by atoms with Crippen molar-refractivity contribution in [2.45, 2.75) is 61.9 Å². The fourth-order valence-corrected chi connectivity index (χ4v) is 14.2. The Morgan fingerprint density at radius 3 is 1.51 bits per heavy atom.